The van der Waals surface area contributed by atoms with Crippen molar-refractivity contribution in [2.45, 2.75) is 0 Å². The predicted molar refractivity (Wildman–Crippen MR) is 46.5 cm³/mol. The van der Waals surface area contributed by atoms with Crippen molar-refractivity contribution in [1.82, 2.24) is 9.32 Å². The minimum absolute atomic E-state index is 0.212. The van der Waals surface area contributed by atoms with Gasteiger partial charge in [0.1, 0.15) is 5.65 Å². The van der Waals surface area contributed by atoms with Crippen LogP contribution in [0.1, 0.15) is 0 Å². The van der Waals surface area contributed by atoms with Gasteiger partial charge in [0.15, 0.2) is 5.88 Å². The van der Waals surface area contributed by atoms with Crippen LogP contribution < -0.4 is 0 Å². The van der Waals surface area contributed by atoms with Crippen molar-refractivity contribution in [2.75, 3.05) is 0 Å². The SMILES string of the molecule is Oc1cc2cccnc2n1P. The second-order valence-electron chi connectivity index (χ2n) is 2.29. The first-order valence-corrected chi connectivity index (χ1v) is 3.71. The molecule has 0 aliphatic carbocycles. The van der Waals surface area contributed by atoms with Crippen molar-refractivity contribution in [3.63, 3.8) is 0 Å². The van der Waals surface area contributed by atoms with Crippen LogP contribution in [-0.2, 0) is 0 Å². The summed E-state index contributed by atoms with van der Waals surface area (Å²) in [6, 6.07) is 5.42. The van der Waals surface area contributed by atoms with Crippen molar-refractivity contribution < 1.29 is 5.11 Å². The smallest absolute Gasteiger partial charge is 0.196 e. The predicted octanol–water partition coefficient (Wildman–Crippen LogP) is 1.38. The van der Waals surface area contributed by atoms with Gasteiger partial charge in [-0.15, -0.1) is 0 Å². The molecule has 1 N–H and O–H groups in total. The van der Waals surface area contributed by atoms with E-state index in [1.807, 2.05) is 12.1 Å². The number of hydrogen-bond acceptors (Lipinski definition) is 2. The number of aromatic hydroxyl groups is 1. The van der Waals surface area contributed by atoms with Crippen molar-refractivity contribution in [2.24, 2.45) is 0 Å². The highest BCUT2D eigenvalue weighted by atomic mass is 31.0. The highest BCUT2D eigenvalue weighted by molar-refractivity contribution is 7.15. The van der Waals surface area contributed by atoms with Crippen molar-refractivity contribution in [3.8, 4) is 5.88 Å². The van der Waals surface area contributed by atoms with Crippen LogP contribution in [0.3, 0.4) is 0 Å². The van der Waals surface area contributed by atoms with Crippen LogP contribution in [0.25, 0.3) is 11.0 Å². The summed E-state index contributed by atoms with van der Waals surface area (Å²) in [6.07, 6.45) is 1.70. The summed E-state index contributed by atoms with van der Waals surface area (Å²) in [6.45, 7) is 0. The van der Waals surface area contributed by atoms with Crippen LogP contribution in [0.15, 0.2) is 24.4 Å². The molecule has 1 unspecified atom stereocenters. The Labute approximate surface area is 65.9 Å². The van der Waals surface area contributed by atoms with E-state index in [0.717, 1.165) is 11.0 Å². The molecule has 0 fully saturated rings. The molecule has 0 aromatic carbocycles. The molecule has 2 rings (SSSR count). The molecule has 56 valence electrons. The molecule has 2 heterocycles. The van der Waals surface area contributed by atoms with Crippen LogP contribution in [-0.4, -0.2) is 14.4 Å². The van der Waals surface area contributed by atoms with Crippen molar-refractivity contribution in [3.05, 3.63) is 24.4 Å². The quantitative estimate of drug-likeness (QED) is 0.600. The summed E-state index contributed by atoms with van der Waals surface area (Å²) in [5.41, 5.74) is 0.773. The minimum atomic E-state index is 0.212. The molecular weight excluding hydrogens is 159 g/mol. The van der Waals surface area contributed by atoms with Crippen LogP contribution in [0.4, 0.5) is 0 Å². The summed E-state index contributed by atoms with van der Waals surface area (Å²) in [4.78, 5) is 4.08. The third-order valence-electron chi connectivity index (χ3n) is 1.58. The van der Waals surface area contributed by atoms with Crippen LogP contribution >= 0.6 is 9.39 Å². The van der Waals surface area contributed by atoms with Gasteiger partial charge < -0.3 is 5.11 Å². The van der Waals surface area contributed by atoms with E-state index < -0.39 is 0 Å². The summed E-state index contributed by atoms with van der Waals surface area (Å²) in [5, 5.41) is 10.2. The average molecular weight is 166 g/mol. The Morgan fingerprint density at radius 2 is 2.36 bits per heavy atom. The molecule has 2 aromatic heterocycles. The molecule has 0 bridgehead atoms. The maximum atomic E-state index is 9.25. The van der Waals surface area contributed by atoms with Gasteiger partial charge >= 0.3 is 0 Å². The topological polar surface area (TPSA) is 38.1 Å². The molecule has 1 atom stereocenters. The van der Waals surface area contributed by atoms with Crippen molar-refractivity contribution in [1.29, 1.82) is 0 Å². The fourth-order valence-corrected chi connectivity index (χ4v) is 1.33. The average Bonchev–Trinajstić information content (AvgIpc) is 2.30. The zero-order valence-corrected chi connectivity index (χ0v) is 6.88. The molecule has 0 saturated heterocycles. The Morgan fingerprint density at radius 3 is 3.09 bits per heavy atom. The molecule has 0 radical (unpaired) electrons. The van der Waals surface area contributed by atoms with Gasteiger partial charge in [-0.3, -0.25) is 4.34 Å². The van der Waals surface area contributed by atoms with Crippen LogP contribution in [0.5, 0.6) is 5.88 Å². The normalized spacial score (nSPS) is 10.6. The largest absolute Gasteiger partial charge is 0.494 e. The first-order chi connectivity index (χ1) is 5.29. The molecular formula is C7H7N2OP. The molecule has 3 nitrogen and oxygen atoms in total. The van der Waals surface area contributed by atoms with Gasteiger partial charge in [-0.1, -0.05) is 0 Å². The van der Waals surface area contributed by atoms with E-state index in [-0.39, 0.29) is 5.88 Å². The van der Waals surface area contributed by atoms with Gasteiger partial charge in [0.05, 0.1) is 0 Å². The Balaban J connectivity index is 2.92. The summed E-state index contributed by atoms with van der Waals surface area (Å²) in [7, 11) is 2.39. The minimum Gasteiger partial charge on any atom is -0.494 e. The van der Waals surface area contributed by atoms with E-state index in [1.165, 1.54) is 0 Å². The fraction of sp³-hybridized carbons (Fsp3) is 0. The monoisotopic (exact) mass is 166 g/mol. The molecule has 0 amide bonds. The number of rotatable bonds is 0. The van der Waals surface area contributed by atoms with E-state index in [0.29, 0.717) is 0 Å². The second-order valence-corrected chi connectivity index (χ2v) is 2.81. The molecule has 0 spiro atoms. The lowest BCUT2D eigenvalue weighted by atomic mass is 10.3. The maximum absolute atomic E-state index is 9.25. The maximum Gasteiger partial charge on any atom is 0.196 e. The Bertz CT molecular complexity index is 396. The van der Waals surface area contributed by atoms with Gasteiger partial charge in [0, 0.05) is 17.6 Å². The van der Waals surface area contributed by atoms with E-state index in [2.05, 4.69) is 14.4 Å². The summed E-state index contributed by atoms with van der Waals surface area (Å²) < 4.78 is 1.56. The molecule has 11 heavy (non-hydrogen) atoms. The third-order valence-corrected chi connectivity index (χ3v) is 2.09. The molecule has 2 aromatic rings. The van der Waals surface area contributed by atoms with E-state index in [1.54, 1.807) is 16.6 Å². The Morgan fingerprint density at radius 1 is 1.55 bits per heavy atom. The Kier molecular flexibility index (Phi) is 1.33. The lowest BCUT2D eigenvalue weighted by molar-refractivity contribution is 0.453. The first kappa shape index (κ1) is 6.62. The van der Waals surface area contributed by atoms with Gasteiger partial charge in [-0.2, -0.15) is 0 Å². The number of pyridine rings is 1. The summed E-state index contributed by atoms with van der Waals surface area (Å²) >= 11 is 0. The molecule has 0 saturated carbocycles. The van der Waals surface area contributed by atoms with Crippen molar-refractivity contribution >= 4 is 20.4 Å². The van der Waals surface area contributed by atoms with Gasteiger partial charge in [-0.05, 0) is 21.5 Å². The standard InChI is InChI=1S/C7H7N2OP/c10-6-4-5-2-1-3-8-7(5)9(6)11/h1-4,10H,11H2. The third kappa shape index (κ3) is 0.889. The number of nitrogens with zero attached hydrogens (tertiary/aromatic N) is 2. The van der Waals surface area contributed by atoms with Gasteiger partial charge in [0.25, 0.3) is 0 Å². The zero-order chi connectivity index (χ0) is 7.84. The molecule has 0 aliphatic heterocycles. The molecule has 0 aliphatic rings. The van der Waals surface area contributed by atoms with Gasteiger partial charge in [0.2, 0.25) is 0 Å². The lowest BCUT2D eigenvalue weighted by Gasteiger charge is -1.93. The first-order valence-electron chi connectivity index (χ1n) is 3.19. The lowest BCUT2D eigenvalue weighted by Crippen LogP contribution is -1.79. The summed E-state index contributed by atoms with van der Waals surface area (Å²) in [5.74, 6) is 0.212. The van der Waals surface area contributed by atoms with Gasteiger partial charge in [-0.25, -0.2) is 4.98 Å². The number of hydrogen-bond donors (Lipinski definition) is 1. The highest BCUT2D eigenvalue weighted by Gasteiger charge is 2.02. The zero-order valence-electron chi connectivity index (χ0n) is 5.73. The van der Waals surface area contributed by atoms with Crippen LogP contribution in [0, 0.1) is 0 Å². The molecule has 4 heteroatoms. The van der Waals surface area contributed by atoms with E-state index >= 15 is 0 Å². The van der Waals surface area contributed by atoms with Crippen LogP contribution in [0.2, 0.25) is 0 Å². The number of aromatic nitrogens is 2. The highest BCUT2D eigenvalue weighted by Crippen LogP contribution is 2.24. The van der Waals surface area contributed by atoms with E-state index in [4.69, 9.17) is 0 Å². The second kappa shape index (κ2) is 2.21. The number of fused-ring (bicyclic) bond motifs is 1. The fourth-order valence-electron chi connectivity index (χ4n) is 1.04. The Hall–Kier alpha value is -1.08. The van der Waals surface area contributed by atoms with E-state index in [9.17, 15) is 5.11 Å².